The summed E-state index contributed by atoms with van der Waals surface area (Å²) in [4.78, 5) is 11.9. The number of allylic oxidation sites excluding steroid dienone is 6. The lowest BCUT2D eigenvalue weighted by Crippen LogP contribution is -2.05. The highest BCUT2D eigenvalue weighted by Gasteiger charge is 2.10. The van der Waals surface area contributed by atoms with E-state index in [-0.39, 0.29) is 0 Å². The van der Waals surface area contributed by atoms with Gasteiger partial charge in [-0.05, 0) is 44.6 Å². The Morgan fingerprint density at radius 2 is 1.69 bits per heavy atom. The van der Waals surface area contributed by atoms with E-state index in [1.807, 2.05) is 6.92 Å². The molecule has 1 nitrogen and oxygen atoms in total. The molecule has 88 valence electrons. The maximum atomic E-state index is 11.9. The lowest BCUT2D eigenvalue weighted by atomic mass is 9.93. The second-order valence-electron chi connectivity index (χ2n) is 4.54. The number of rotatable bonds is 0. The van der Waals surface area contributed by atoms with Gasteiger partial charge >= 0.3 is 0 Å². The van der Waals surface area contributed by atoms with Gasteiger partial charge in [-0.1, -0.05) is 36.8 Å². The van der Waals surface area contributed by atoms with Gasteiger partial charge in [0, 0.05) is 6.42 Å². The van der Waals surface area contributed by atoms with Gasteiger partial charge < -0.3 is 0 Å². The quantitative estimate of drug-likeness (QED) is 0.556. The van der Waals surface area contributed by atoms with Gasteiger partial charge in [0.15, 0.2) is 5.78 Å². The molecule has 0 aromatic heterocycles. The minimum atomic E-state index is 0.294. The fraction of sp³-hybridized carbons (Fsp3) is 0.533. The summed E-state index contributed by atoms with van der Waals surface area (Å²) >= 11 is 0. The third-order valence-corrected chi connectivity index (χ3v) is 3.32. The van der Waals surface area contributed by atoms with E-state index in [1.165, 1.54) is 5.57 Å². The molecule has 0 spiro atoms. The first kappa shape index (κ1) is 13.0. The molecule has 0 aromatic carbocycles. The van der Waals surface area contributed by atoms with Crippen LogP contribution in [0.2, 0.25) is 0 Å². The highest BCUT2D eigenvalue weighted by atomic mass is 16.1. The van der Waals surface area contributed by atoms with E-state index in [1.54, 1.807) is 0 Å². The zero-order valence-corrected chi connectivity index (χ0v) is 10.6. The SMILES string of the molecule is C/C1=C(\C)C(C)/C=C\CC/C=C\CCC1=O. The Labute approximate surface area is 98.9 Å². The van der Waals surface area contributed by atoms with Crippen LogP contribution in [0, 0.1) is 5.92 Å². The summed E-state index contributed by atoms with van der Waals surface area (Å²) in [5.41, 5.74) is 2.16. The summed E-state index contributed by atoms with van der Waals surface area (Å²) in [6.45, 7) is 6.19. The zero-order valence-electron chi connectivity index (χ0n) is 10.6. The fourth-order valence-electron chi connectivity index (χ4n) is 1.84. The fourth-order valence-corrected chi connectivity index (χ4v) is 1.84. The van der Waals surface area contributed by atoms with Crippen molar-refractivity contribution in [3.8, 4) is 0 Å². The van der Waals surface area contributed by atoms with Crippen LogP contribution in [-0.4, -0.2) is 5.78 Å². The smallest absolute Gasteiger partial charge is 0.158 e. The average Bonchev–Trinajstić information content (AvgIpc) is 2.28. The normalized spacial score (nSPS) is 32.7. The number of ketones is 1. The number of Topliss-reactive ketones (excluding diaryl/α,β-unsaturated/α-hetero) is 1. The van der Waals surface area contributed by atoms with Crippen LogP contribution in [0.4, 0.5) is 0 Å². The molecule has 0 radical (unpaired) electrons. The number of carbonyl (C=O) groups excluding carboxylic acids is 1. The Balaban J connectivity index is 2.88. The Hall–Kier alpha value is -1.11. The predicted octanol–water partition coefficient (Wildman–Crippen LogP) is 4.21. The van der Waals surface area contributed by atoms with Gasteiger partial charge in [-0.15, -0.1) is 0 Å². The summed E-state index contributed by atoms with van der Waals surface area (Å²) in [6, 6.07) is 0. The third-order valence-electron chi connectivity index (χ3n) is 3.32. The molecule has 1 atom stereocenters. The summed E-state index contributed by atoms with van der Waals surface area (Å²) in [7, 11) is 0. The van der Waals surface area contributed by atoms with E-state index in [2.05, 4.69) is 38.2 Å². The first-order chi connectivity index (χ1) is 7.63. The maximum absolute atomic E-state index is 11.9. The van der Waals surface area contributed by atoms with Crippen molar-refractivity contribution < 1.29 is 4.79 Å². The molecule has 0 heterocycles. The van der Waals surface area contributed by atoms with E-state index in [0.717, 1.165) is 24.8 Å². The summed E-state index contributed by atoms with van der Waals surface area (Å²) in [6.07, 6.45) is 12.4. The lowest BCUT2D eigenvalue weighted by Gasteiger charge is -2.11. The van der Waals surface area contributed by atoms with Gasteiger partial charge in [0.2, 0.25) is 0 Å². The molecular weight excluding hydrogens is 196 g/mol. The van der Waals surface area contributed by atoms with Crippen molar-refractivity contribution in [2.45, 2.75) is 46.5 Å². The molecule has 0 aromatic rings. The van der Waals surface area contributed by atoms with Crippen molar-refractivity contribution >= 4 is 5.78 Å². The molecule has 0 aliphatic heterocycles. The molecule has 0 saturated heterocycles. The van der Waals surface area contributed by atoms with Gasteiger partial charge in [0.05, 0.1) is 0 Å². The second-order valence-corrected chi connectivity index (χ2v) is 4.54. The van der Waals surface area contributed by atoms with Crippen LogP contribution in [0.1, 0.15) is 46.5 Å². The van der Waals surface area contributed by atoms with E-state index >= 15 is 0 Å². The van der Waals surface area contributed by atoms with Crippen molar-refractivity contribution in [3.63, 3.8) is 0 Å². The molecule has 16 heavy (non-hydrogen) atoms. The topological polar surface area (TPSA) is 17.1 Å². The molecule has 0 N–H and O–H groups in total. The first-order valence-corrected chi connectivity index (χ1v) is 6.15. The van der Waals surface area contributed by atoms with Crippen LogP contribution in [0.25, 0.3) is 0 Å². The molecular formula is C15H22O. The Kier molecular flexibility index (Phi) is 5.24. The number of carbonyl (C=O) groups is 1. The van der Waals surface area contributed by atoms with Gasteiger partial charge in [-0.3, -0.25) is 4.79 Å². The minimum absolute atomic E-state index is 0.294. The van der Waals surface area contributed by atoms with E-state index in [4.69, 9.17) is 0 Å². The van der Waals surface area contributed by atoms with Crippen LogP contribution in [0.15, 0.2) is 35.5 Å². The van der Waals surface area contributed by atoms with E-state index < -0.39 is 0 Å². The second kappa shape index (κ2) is 6.47. The van der Waals surface area contributed by atoms with Crippen molar-refractivity contribution in [3.05, 3.63) is 35.5 Å². The third kappa shape index (κ3) is 3.80. The molecule has 0 saturated carbocycles. The van der Waals surface area contributed by atoms with Crippen LogP contribution < -0.4 is 0 Å². The molecule has 1 heteroatoms. The largest absolute Gasteiger partial charge is 0.295 e. The van der Waals surface area contributed by atoms with Crippen LogP contribution in [0.5, 0.6) is 0 Å². The highest BCUT2D eigenvalue weighted by Crippen LogP contribution is 2.19. The van der Waals surface area contributed by atoms with Crippen molar-refractivity contribution in [1.82, 2.24) is 0 Å². The molecule has 0 fully saturated rings. The average molecular weight is 218 g/mol. The minimum Gasteiger partial charge on any atom is -0.295 e. The summed E-state index contributed by atoms with van der Waals surface area (Å²) in [5, 5.41) is 0. The van der Waals surface area contributed by atoms with Gasteiger partial charge in [-0.25, -0.2) is 0 Å². The molecule has 1 unspecified atom stereocenters. The number of hydrogen-bond acceptors (Lipinski definition) is 1. The zero-order chi connectivity index (χ0) is 12.0. The molecule has 1 aliphatic rings. The van der Waals surface area contributed by atoms with E-state index in [9.17, 15) is 4.79 Å². The Bertz CT molecular complexity index is 331. The monoisotopic (exact) mass is 218 g/mol. The van der Waals surface area contributed by atoms with Crippen molar-refractivity contribution in [2.75, 3.05) is 0 Å². The standard InChI is InChI=1S/C15H22O/c1-12-10-8-6-4-5-7-9-11-15(16)14(3)13(12)2/h5,7-8,10,12H,4,6,9,11H2,1-3H3/b7-5-,10-8-,14-13-. The molecule has 0 bridgehead atoms. The van der Waals surface area contributed by atoms with Crippen molar-refractivity contribution in [1.29, 1.82) is 0 Å². The highest BCUT2D eigenvalue weighted by molar-refractivity contribution is 5.95. The first-order valence-electron chi connectivity index (χ1n) is 6.15. The van der Waals surface area contributed by atoms with Crippen molar-refractivity contribution in [2.24, 2.45) is 5.92 Å². The van der Waals surface area contributed by atoms with Crippen LogP contribution >= 0.6 is 0 Å². The summed E-state index contributed by atoms with van der Waals surface area (Å²) < 4.78 is 0. The summed E-state index contributed by atoms with van der Waals surface area (Å²) in [5.74, 6) is 0.676. The van der Waals surface area contributed by atoms with Gasteiger partial charge in [0.25, 0.3) is 0 Å². The number of hydrogen-bond donors (Lipinski definition) is 0. The molecule has 0 amide bonds. The van der Waals surface area contributed by atoms with Gasteiger partial charge in [-0.2, -0.15) is 0 Å². The Morgan fingerprint density at radius 3 is 2.44 bits per heavy atom. The molecule has 1 rings (SSSR count). The van der Waals surface area contributed by atoms with Crippen LogP contribution in [-0.2, 0) is 4.79 Å². The van der Waals surface area contributed by atoms with Gasteiger partial charge in [0.1, 0.15) is 0 Å². The van der Waals surface area contributed by atoms with E-state index in [0.29, 0.717) is 18.1 Å². The molecule has 1 aliphatic carbocycles. The van der Waals surface area contributed by atoms with Crippen LogP contribution in [0.3, 0.4) is 0 Å². The Morgan fingerprint density at radius 1 is 1.06 bits per heavy atom. The lowest BCUT2D eigenvalue weighted by molar-refractivity contribution is -0.115. The maximum Gasteiger partial charge on any atom is 0.158 e. The predicted molar refractivity (Wildman–Crippen MR) is 69.3 cm³/mol.